The Morgan fingerprint density at radius 1 is 1.15 bits per heavy atom. The number of hydrogen-bond acceptors (Lipinski definition) is 7. The molecule has 3 atom stereocenters. The molecule has 0 aliphatic carbocycles. The molecule has 33 heavy (non-hydrogen) atoms. The highest BCUT2D eigenvalue weighted by atomic mass is 19.1. The molecule has 4 rings (SSSR count). The van der Waals surface area contributed by atoms with E-state index in [0.29, 0.717) is 18.4 Å². The lowest BCUT2D eigenvalue weighted by Gasteiger charge is -2.32. The number of ether oxygens (including phenoxy) is 3. The van der Waals surface area contributed by atoms with Gasteiger partial charge < -0.3 is 35.5 Å². The standard InChI is InChI=1S/C19H20FNO3.C4H7NO4/c20-15-3-1-13(2-4-15)17-7-8-21-10-14(17)11-22-16-5-6-18-19(9-16)24-12-23-18;5-2(4(8)9)1-3(6)7/h1-6,9,14,17,21H,7-8,10-12H2;2H,1,5H2,(H,6,7)(H,8,9)/t14-,17-;/m0./s1. The smallest absolute Gasteiger partial charge is 0.321 e. The van der Waals surface area contributed by atoms with Gasteiger partial charge in [-0.2, -0.15) is 0 Å². The first-order chi connectivity index (χ1) is 15.8. The maximum atomic E-state index is 13.2. The van der Waals surface area contributed by atoms with Crippen molar-refractivity contribution in [1.82, 2.24) is 5.32 Å². The Hall–Kier alpha value is -3.37. The summed E-state index contributed by atoms with van der Waals surface area (Å²) in [4.78, 5) is 19.6. The summed E-state index contributed by atoms with van der Waals surface area (Å²) in [6.45, 7) is 2.74. The fourth-order valence-corrected chi connectivity index (χ4v) is 3.69. The minimum absolute atomic E-state index is 0.194. The molecule has 0 saturated carbocycles. The number of carboxylic acids is 2. The average Bonchev–Trinajstić information content (AvgIpc) is 3.26. The SMILES string of the molecule is Fc1ccc([C@@H]2CCNC[C@H]2COc2ccc3c(c2)OCO3)cc1.NC(CC(=O)O)C(=O)O. The fourth-order valence-electron chi connectivity index (χ4n) is 3.69. The van der Waals surface area contributed by atoms with Crippen LogP contribution in [-0.4, -0.2) is 54.7 Å². The molecule has 5 N–H and O–H groups in total. The van der Waals surface area contributed by atoms with Crippen LogP contribution in [0.3, 0.4) is 0 Å². The van der Waals surface area contributed by atoms with Crippen molar-refractivity contribution < 1.29 is 38.4 Å². The van der Waals surface area contributed by atoms with E-state index in [1.165, 1.54) is 17.7 Å². The van der Waals surface area contributed by atoms with Gasteiger partial charge in [0.15, 0.2) is 11.5 Å². The summed E-state index contributed by atoms with van der Waals surface area (Å²) < 4.78 is 29.9. The summed E-state index contributed by atoms with van der Waals surface area (Å²) in [6.07, 6.45) is 0.496. The molecule has 1 saturated heterocycles. The van der Waals surface area contributed by atoms with Crippen LogP contribution >= 0.6 is 0 Å². The zero-order chi connectivity index (χ0) is 23.8. The summed E-state index contributed by atoms with van der Waals surface area (Å²) in [6, 6.07) is 11.2. The number of fused-ring (bicyclic) bond motifs is 1. The van der Waals surface area contributed by atoms with Crippen molar-refractivity contribution in [2.24, 2.45) is 11.7 Å². The van der Waals surface area contributed by atoms with Gasteiger partial charge in [0, 0.05) is 18.5 Å². The normalized spacial score (nSPS) is 19.7. The Balaban J connectivity index is 0.000000292. The number of aliphatic carboxylic acids is 2. The van der Waals surface area contributed by atoms with Gasteiger partial charge in [0.25, 0.3) is 0 Å². The lowest BCUT2D eigenvalue weighted by atomic mass is 9.81. The Bertz CT molecular complexity index is 954. The van der Waals surface area contributed by atoms with E-state index in [4.69, 9.17) is 30.2 Å². The highest BCUT2D eigenvalue weighted by molar-refractivity contribution is 5.80. The van der Waals surface area contributed by atoms with E-state index in [1.54, 1.807) is 0 Å². The second kappa shape index (κ2) is 11.5. The van der Waals surface area contributed by atoms with Gasteiger partial charge in [0.05, 0.1) is 13.0 Å². The van der Waals surface area contributed by atoms with Crippen molar-refractivity contribution in [1.29, 1.82) is 0 Å². The van der Waals surface area contributed by atoms with Crippen molar-refractivity contribution >= 4 is 11.9 Å². The predicted octanol–water partition coefficient (Wildman–Crippen LogP) is 2.20. The third-order valence-electron chi connectivity index (χ3n) is 5.43. The second-order valence-corrected chi connectivity index (χ2v) is 7.78. The summed E-state index contributed by atoms with van der Waals surface area (Å²) in [5.74, 6) is 0.288. The topological polar surface area (TPSA) is 140 Å². The molecule has 0 radical (unpaired) electrons. The number of nitrogens with one attached hydrogen (secondary N) is 1. The molecule has 9 nitrogen and oxygen atoms in total. The number of carbonyl (C=O) groups is 2. The van der Waals surface area contributed by atoms with Crippen molar-refractivity contribution in [3.8, 4) is 17.2 Å². The van der Waals surface area contributed by atoms with Gasteiger partial charge >= 0.3 is 11.9 Å². The van der Waals surface area contributed by atoms with Gasteiger partial charge in [-0.3, -0.25) is 9.59 Å². The quantitative estimate of drug-likeness (QED) is 0.487. The second-order valence-electron chi connectivity index (χ2n) is 7.78. The number of piperidine rings is 1. The first-order valence-corrected chi connectivity index (χ1v) is 10.5. The average molecular weight is 462 g/mol. The van der Waals surface area contributed by atoms with Crippen LogP contribution in [0.15, 0.2) is 42.5 Å². The van der Waals surface area contributed by atoms with E-state index in [0.717, 1.165) is 36.8 Å². The molecule has 1 fully saturated rings. The van der Waals surface area contributed by atoms with Gasteiger partial charge in [0.1, 0.15) is 17.6 Å². The molecule has 0 spiro atoms. The largest absolute Gasteiger partial charge is 0.493 e. The van der Waals surface area contributed by atoms with E-state index in [9.17, 15) is 14.0 Å². The van der Waals surface area contributed by atoms with Gasteiger partial charge in [-0.05, 0) is 48.7 Å². The lowest BCUT2D eigenvalue weighted by Crippen LogP contribution is -2.38. The molecule has 2 aromatic rings. The lowest BCUT2D eigenvalue weighted by molar-refractivity contribution is -0.144. The van der Waals surface area contributed by atoms with Crippen molar-refractivity contribution in [3.05, 3.63) is 53.8 Å². The Kier molecular flexibility index (Phi) is 8.45. The van der Waals surface area contributed by atoms with Crippen molar-refractivity contribution in [2.45, 2.75) is 24.8 Å². The molecule has 2 aliphatic rings. The maximum Gasteiger partial charge on any atom is 0.321 e. The number of hydrogen-bond donors (Lipinski definition) is 4. The summed E-state index contributed by atoms with van der Waals surface area (Å²) in [5.41, 5.74) is 6.01. The van der Waals surface area contributed by atoms with Crippen molar-refractivity contribution in [2.75, 3.05) is 26.5 Å². The van der Waals surface area contributed by atoms with E-state index < -0.39 is 24.4 Å². The van der Waals surface area contributed by atoms with E-state index in [2.05, 4.69) is 5.32 Å². The van der Waals surface area contributed by atoms with Crippen molar-refractivity contribution in [3.63, 3.8) is 0 Å². The van der Waals surface area contributed by atoms with Crippen LogP contribution in [0.4, 0.5) is 4.39 Å². The summed E-state index contributed by atoms with van der Waals surface area (Å²) in [5, 5.41) is 19.5. The zero-order valence-electron chi connectivity index (χ0n) is 17.9. The van der Waals surface area contributed by atoms with E-state index in [-0.39, 0.29) is 12.6 Å². The van der Waals surface area contributed by atoms with Crippen LogP contribution in [0, 0.1) is 11.7 Å². The van der Waals surface area contributed by atoms with Crippen LogP contribution in [0.2, 0.25) is 0 Å². The number of carboxylic acid groups (broad SMARTS) is 2. The molecule has 2 aliphatic heterocycles. The molecule has 2 heterocycles. The first-order valence-electron chi connectivity index (χ1n) is 10.5. The summed E-state index contributed by atoms with van der Waals surface area (Å²) >= 11 is 0. The molecule has 2 aromatic carbocycles. The molecule has 10 heteroatoms. The Labute approximate surface area is 190 Å². The van der Waals surface area contributed by atoms with Crippen LogP contribution in [0.25, 0.3) is 0 Å². The van der Waals surface area contributed by atoms with Gasteiger partial charge in [-0.1, -0.05) is 12.1 Å². The molecule has 0 amide bonds. The molecular formula is C23H27FN2O7. The highest BCUT2D eigenvalue weighted by Gasteiger charge is 2.27. The van der Waals surface area contributed by atoms with E-state index in [1.807, 2.05) is 30.3 Å². The van der Waals surface area contributed by atoms with Crippen LogP contribution in [0.1, 0.15) is 24.3 Å². The third-order valence-corrected chi connectivity index (χ3v) is 5.43. The number of rotatable bonds is 7. The molecule has 1 unspecified atom stereocenters. The number of halogens is 1. The van der Waals surface area contributed by atoms with Crippen LogP contribution in [-0.2, 0) is 9.59 Å². The molecule has 0 bridgehead atoms. The number of nitrogens with two attached hydrogens (primary N) is 1. The Morgan fingerprint density at radius 2 is 1.88 bits per heavy atom. The molecular weight excluding hydrogens is 435 g/mol. The van der Waals surface area contributed by atoms with Gasteiger partial charge in [-0.15, -0.1) is 0 Å². The third kappa shape index (κ3) is 7.06. The van der Waals surface area contributed by atoms with Crippen LogP contribution in [0.5, 0.6) is 17.2 Å². The minimum atomic E-state index is -1.29. The van der Waals surface area contributed by atoms with Gasteiger partial charge in [0.2, 0.25) is 6.79 Å². The van der Waals surface area contributed by atoms with Crippen LogP contribution < -0.4 is 25.3 Å². The number of benzene rings is 2. The molecule has 0 aromatic heterocycles. The van der Waals surface area contributed by atoms with Gasteiger partial charge in [-0.25, -0.2) is 4.39 Å². The first kappa shape index (κ1) is 24.3. The Morgan fingerprint density at radius 3 is 2.55 bits per heavy atom. The van der Waals surface area contributed by atoms with E-state index >= 15 is 0 Å². The zero-order valence-corrected chi connectivity index (χ0v) is 17.9. The fraction of sp³-hybridized carbons (Fsp3) is 0.391. The minimum Gasteiger partial charge on any atom is -0.493 e. The monoisotopic (exact) mass is 462 g/mol. The highest BCUT2D eigenvalue weighted by Crippen LogP contribution is 2.36. The maximum absolute atomic E-state index is 13.2. The summed E-state index contributed by atoms with van der Waals surface area (Å²) in [7, 11) is 0. The predicted molar refractivity (Wildman–Crippen MR) is 116 cm³/mol. The molecule has 178 valence electrons.